The molecule has 0 radical (unpaired) electrons. The van der Waals surface area contributed by atoms with Crippen molar-refractivity contribution < 1.29 is 0 Å². The van der Waals surface area contributed by atoms with Gasteiger partial charge < -0.3 is 0 Å². The molecule has 1 atom stereocenters. The van der Waals surface area contributed by atoms with E-state index >= 15 is 0 Å². The molecular weight excluding hydrogens is 300 g/mol. The first-order chi connectivity index (χ1) is 10.7. The topological polar surface area (TPSA) is 0 Å². The Morgan fingerprint density at radius 2 is 1.40 bits per heavy atom. The molecule has 0 saturated carbocycles. The highest BCUT2D eigenvalue weighted by atomic mass is 14.2. The molecule has 0 saturated heterocycles. The van der Waals surface area contributed by atoms with Crippen LogP contribution in [0.25, 0.3) is 0 Å². The van der Waals surface area contributed by atoms with E-state index in [1.165, 1.54) is 50.5 Å². The van der Waals surface area contributed by atoms with Crippen molar-refractivity contribution in [3.05, 3.63) is 34.9 Å². The van der Waals surface area contributed by atoms with Gasteiger partial charge in [-0.25, -0.2) is 0 Å². The van der Waals surface area contributed by atoms with Gasteiger partial charge in [0.25, 0.3) is 0 Å². The van der Waals surface area contributed by atoms with E-state index in [1.54, 1.807) is 11.1 Å². The predicted molar refractivity (Wildman–Crippen MR) is 123 cm³/mol. The Bertz CT molecular complexity index is 374. The summed E-state index contributed by atoms with van der Waals surface area (Å²) < 4.78 is 0. The molecule has 0 aliphatic rings. The number of aryl methyl sites for hydroxylation is 1. The third kappa shape index (κ3) is 11.4. The number of hydrogen-bond acceptors (Lipinski definition) is 0. The molecule has 0 heteroatoms. The first-order valence-electron chi connectivity index (χ1n) is 9.75. The summed E-state index contributed by atoms with van der Waals surface area (Å²) in [5.74, 6) is 1.61. The fourth-order valence-corrected chi connectivity index (χ4v) is 3.33. The summed E-state index contributed by atoms with van der Waals surface area (Å²) >= 11 is 0. The van der Waals surface area contributed by atoms with Gasteiger partial charge in [0.1, 0.15) is 0 Å². The third-order valence-electron chi connectivity index (χ3n) is 4.83. The van der Waals surface area contributed by atoms with Gasteiger partial charge in [-0.2, -0.15) is 0 Å². The first-order valence-corrected chi connectivity index (χ1v) is 9.75. The molecule has 0 bridgehead atoms. The maximum absolute atomic E-state index is 2.45. The number of benzene rings is 1. The van der Waals surface area contributed by atoms with E-state index in [0.717, 1.165) is 11.8 Å². The number of unbranched alkanes of at least 4 members (excludes halogenated alkanes) is 1. The van der Waals surface area contributed by atoms with Gasteiger partial charge in [-0.1, -0.05) is 108 Å². The molecule has 0 spiro atoms. The summed E-state index contributed by atoms with van der Waals surface area (Å²) in [6.45, 7) is 15.5. The smallest absolute Gasteiger partial charge is 0.0165 e. The average molecular weight is 353 g/mol. The van der Waals surface area contributed by atoms with Gasteiger partial charge in [0.15, 0.2) is 0 Å². The minimum absolute atomic E-state index is 0. The lowest BCUT2D eigenvalue weighted by Crippen LogP contribution is -2.05. The van der Waals surface area contributed by atoms with Crippen molar-refractivity contribution in [2.24, 2.45) is 5.92 Å². The van der Waals surface area contributed by atoms with Crippen LogP contribution >= 0.6 is 0 Å². The molecule has 1 unspecified atom stereocenters. The number of rotatable bonds is 9. The van der Waals surface area contributed by atoms with Crippen molar-refractivity contribution in [1.29, 1.82) is 0 Å². The highest BCUT2D eigenvalue weighted by Crippen LogP contribution is 2.28. The molecule has 152 valence electrons. The van der Waals surface area contributed by atoms with Gasteiger partial charge in [-0.15, -0.1) is 0 Å². The van der Waals surface area contributed by atoms with Crippen molar-refractivity contribution in [1.82, 2.24) is 0 Å². The van der Waals surface area contributed by atoms with Crippen LogP contribution in [0.3, 0.4) is 0 Å². The zero-order chi connectivity index (χ0) is 17.0. The van der Waals surface area contributed by atoms with Crippen LogP contribution in [-0.4, -0.2) is 0 Å². The lowest BCUT2D eigenvalue weighted by atomic mass is 9.87. The fraction of sp³-hybridized carbons (Fsp3) is 0.760. The van der Waals surface area contributed by atoms with E-state index in [4.69, 9.17) is 0 Å². The lowest BCUT2D eigenvalue weighted by Gasteiger charge is -2.19. The molecule has 1 aromatic rings. The van der Waals surface area contributed by atoms with Gasteiger partial charge in [0.2, 0.25) is 0 Å². The molecule has 0 heterocycles. The Kier molecular flexibility index (Phi) is 25.0. The zero-order valence-corrected chi connectivity index (χ0v) is 16.3. The maximum atomic E-state index is 2.45. The summed E-state index contributed by atoms with van der Waals surface area (Å²) in [6, 6.07) is 7.23. The molecule has 0 aliphatic carbocycles. The zero-order valence-electron chi connectivity index (χ0n) is 16.3. The highest BCUT2D eigenvalue weighted by Gasteiger charge is 2.12. The minimum atomic E-state index is 0. The monoisotopic (exact) mass is 352 g/mol. The van der Waals surface area contributed by atoms with Gasteiger partial charge in [-0.3, -0.25) is 0 Å². The normalized spacial score (nSPS) is 10.6. The van der Waals surface area contributed by atoms with E-state index in [0.29, 0.717) is 0 Å². The molecule has 0 aromatic heterocycles. The van der Waals surface area contributed by atoms with Crippen molar-refractivity contribution >= 4 is 0 Å². The SMILES string of the molecule is C.C.C.CC.CCCCC(CC)Cc1ccc(C(CC)CC)c(C)c1. The lowest BCUT2D eigenvalue weighted by molar-refractivity contribution is 0.449. The highest BCUT2D eigenvalue weighted by molar-refractivity contribution is 5.33. The summed E-state index contributed by atoms with van der Waals surface area (Å²) in [5, 5.41) is 0. The van der Waals surface area contributed by atoms with Crippen LogP contribution in [0, 0.1) is 12.8 Å². The van der Waals surface area contributed by atoms with E-state index in [1.807, 2.05) is 13.8 Å². The Morgan fingerprint density at radius 1 is 0.840 bits per heavy atom. The van der Waals surface area contributed by atoms with E-state index in [-0.39, 0.29) is 22.3 Å². The standard InChI is InChI=1S/C20H34.C2H6.3CH4/c1-6-10-11-17(7-2)15-18-12-13-20(16(5)14-18)19(8-3)9-4;1-2;;;/h12-14,17,19H,6-11,15H2,1-5H3;1-2H3;3*1H4. The van der Waals surface area contributed by atoms with Gasteiger partial charge >= 0.3 is 0 Å². The van der Waals surface area contributed by atoms with E-state index in [9.17, 15) is 0 Å². The minimum Gasteiger partial charge on any atom is -0.0776 e. The Labute approximate surface area is 162 Å². The molecule has 0 N–H and O–H groups in total. The van der Waals surface area contributed by atoms with E-state index in [2.05, 4.69) is 52.8 Å². The maximum Gasteiger partial charge on any atom is -0.0165 e. The Balaban J connectivity index is -0.000000425. The summed E-state index contributed by atoms with van der Waals surface area (Å²) in [7, 11) is 0. The largest absolute Gasteiger partial charge is 0.0776 e. The molecular formula is C25H52. The van der Waals surface area contributed by atoms with Crippen LogP contribution in [-0.2, 0) is 6.42 Å². The fourth-order valence-electron chi connectivity index (χ4n) is 3.33. The Hall–Kier alpha value is -0.780. The van der Waals surface area contributed by atoms with Crippen LogP contribution in [0.2, 0.25) is 0 Å². The van der Waals surface area contributed by atoms with Gasteiger partial charge in [0, 0.05) is 0 Å². The molecule has 25 heavy (non-hydrogen) atoms. The molecule has 1 rings (SSSR count). The molecule has 1 aromatic carbocycles. The number of hydrogen-bond donors (Lipinski definition) is 0. The van der Waals surface area contributed by atoms with Crippen molar-refractivity contribution in [2.75, 3.05) is 0 Å². The second kappa shape index (κ2) is 19.5. The van der Waals surface area contributed by atoms with Crippen molar-refractivity contribution in [2.45, 2.75) is 122 Å². The second-order valence-corrected chi connectivity index (χ2v) is 6.32. The molecule has 0 amide bonds. The Morgan fingerprint density at radius 3 is 1.80 bits per heavy atom. The van der Waals surface area contributed by atoms with Crippen molar-refractivity contribution in [3.8, 4) is 0 Å². The van der Waals surface area contributed by atoms with Gasteiger partial charge in [0.05, 0.1) is 0 Å². The summed E-state index contributed by atoms with van der Waals surface area (Å²) in [5.41, 5.74) is 4.61. The van der Waals surface area contributed by atoms with Crippen LogP contribution < -0.4 is 0 Å². The summed E-state index contributed by atoms with van der Waals surface area (Å²) in [6.07, 6.45) is 9.18. The molecule has 0 aliphatic heterocycles. The molecule has 0 fully saturated rings. The average Bonchev–Trinajstić information content (AvgIpc) is 2.56. The van der Waals surface area contributed by atoms with Crippen LogP contribution in [0.4, 0.5) is 0 Å². The second-order valence-electron chi connectivity index (χ2n) is 6.32. The van der Waals surface area contributed by atoms with Crippen LogP contribution in [0.5, 0.6) is 0 Å². The quantitative estimate of drug-likeness (QED) is 0.415. The van der Waals surface area contributed by atoms with Crippen LogP contribution in [0.1, 0.15) is 125 Å². The van der Waals surface area contributed by atoms with Gasteiger partial charge in [-0.05, 0) is 54.7 Å². The molecule has 0 nitrogen and oxygen atoms in total. The van der Waals surface area contributed by atoms with E-state index < -0.39 is 0 Å². The third-order valence-corrected chi connectivity index (χ3v) is 4.83. The van der Waals surface area contributed by atoms with Crippen molar-refractivity contribution in [3.63, 3.8) is 0 Å². The first kappa shape index (κ1) is 31.9. The predicted octanol–water partition coefficient (Wildman–Crippen LogP) is 9.59. The van der Waals surface area contributed by atoms with Crippen LogP contribution in [0.15, 0.2) is 18.2 Å². The summed E-state index contributed by atoms with van der Waals surface area (Å²) in [4.78, 5) is 0.